The van der Waals surface area contributed by atoms with E-state index in [-0.39, 0.29) is 36.8 Å². The molecule has 1 amide bonds. The van der Waals surface area contributed by atoms with Gasteiger partial charge in [0.15, 0.2) is 0 Å². The first kappa shape index (κ1) is 24.3. The molecule has 0 aliphatic heterocycles. The lowest BCUT2D eigenvalue weighted by atomic mass is 10.1. The lowest BCUT2D eigenvalue weighted by molar-refractivity contribution is -0.274. The van der Waals surface area contributed by atoms with Crippen molar-refractivity contribution in [3.8, 4) is 5.75 Å². The van der Waals surface area contributed by atoms with Crippen LogP contribution in [0.5, 0.6) is 5.75 Å². The van der Waals surface area contributed by atoms with Gasteiger partial charge in [-0.3, -0.25) is 4.79 Å². The first-order valence-corrected chi connectivity index (χ1v) is 9.75. The van der Waals surface area contributed by atoms with Gasteiger partial charge in [-0.05, 0) is 49.9 Å². The maximum absolute atomic E-state index is 12.9. The molecule has 2 aromatic heterocycles. The molecule has 0 fully saturated rings. The SMILES string of the molecule is Cc1nc2nc(C(F)(F)F)nn2c(C)c1CCC(=O)NCCc1ccc(OC(F)(F)F)cc1. The van der Waals surface area contributed by atoms with E-state index in [0.29, 0.717) is 28.9 Å². The van der Waals surface area contributed by atoms with Crippen molar-refractivity contribution in [3.05, 3.63) is 52.6 Å². The largest absolute Gasteiger partial charge is 0.573 e. The van der Waals surface area contributed by atoms with Crippen LogP contribution in [0, 0.1) is 13.8 Å². The molecule has 0 saturated carbocycles. The standard InChI is InChI=1S/C20H19F6N5O2/c1-11-15(12(2)31-18(28-11)29-17(30-31)19(21,22)23)7-8-16(32)27-10-9-13-3-5-14(6-4-13)33-20(24,25)26/h3-6H,7-10H2,1-2H3,(H,27,32). The first-order valence-electron chi connectivity index (χ1n) is 9.75. The summed E-state index contributed by atoms with van der Waals surface area (Å²) in [4.78, 5) is 19.6. The second-order valence-electron chi connectivity index (χ2n) is 7.20. The number of amides is 1. The third-order valence-corrected chi connectivity index (χ3v) is 4.80. The molecule has 0 atom stereocenters. The number of carbonyl (C=O) groups excluding carboxylic acids is 1. The highest BCUT2D eigenvalue weighted by molar-refractivity contribution is 5.76. The lowest BCUT2D eigenvalue weighted by Crippen LogP contribution is -2.26. The van der Waals surface area contributed by atoms with Gasteiger partial charge in [-0.25, -0.2) is 9.50 Å². The second kappa shape index (κ2) is 9.24. The molecule has 0 aliphatic rings. The van der Waals surface area contributed by atoms with Crippen LogP contribution in [0.3, 0.4) is 0 Å². The van der Waals surface area contributed by atoms with E-state index >= 15 is 0 Å². The molecule has 1 aromatic carbocycles. The summed E-state index contributed by atoms with van der Waals surface area (Å²) in [7, 11) is 0. The number of benzene rings is 1. The van der Waals surface area contributed by atoms with Gasteiger partial charge in [0.25, 0.3) is 11.6 Å². The van der Waals surface area contributed by atoms with Crippen LogP contribution in [0.4, 0.5) is 26.3 Å². The van der Waals surface area contributed by atoms with E-state index in [2.05, 4.69) is 25.1 Å². The molecule has 0 spiro atoms. The fourth-order valence-corrected chi connectivity index (χ4v) is 3.22. The number of aromatic nitrogens is 4. The Hall–Kier alpha value is -3.38. The molecule has 0 bridgehead atoms. The zero-order valence-electron chi connectivity index (χ0n) is 17.5. The number of fused-ring (bicyclic) bond motifs is 1. The molecule has 33 heavy (non-hydrogen) atoms. The average Bonchev–Trinajstić information content (AvgIpc) is 3.13. The fraction of sp³-hybridized carbons (Fsp3) is 0.400. The molecule has 3 aromatic rings. The maximum Gasteiger partial charge on any atom is 0.573 e. The molecule has 178 valence electrons. The van der Waals surface area contributed by atoms with Gasteiger partial charge in [0, 0.05) is 24.4 Å². The molecule has 0 saturated heterocycles. The highest BCUT2D eigenvalue weighted by Crippen LogP contribution is 2.27. The van der Waals surface area contributed by atoms with Crippen LogP contribution in [0.25, 0.3) is 5.78 Å². The van der Waals surface area contributed by atoms with Crippen molar-refractivity contribution >= 4 is 11.7 Å². The topological polar surface area (TPSA) is 81.4 Å². The molecular formula is C20H19F6N5O2. The number of carbonyl (C=O) groups is 1. The Labute approximate surface area is 183 Å². The van der Waals surface area contributed by atoms with Gasteiger partial charge in [-0.1, -0.05) is 12.1 Å². The predicted octanol–water partition coefficient (Wildman–Crippen LogP) is 3.95. The Morgan fingerprint density at radius 1 is 1.03 bits per heavy atom. The molecule has 0 aliphatic carbocycles. The Balaban J connectivity index is 1.54. The van der Waals surface area contributed by atoms with Crippen molar-refractivity contribution in [1.82, 2.24) is 24.9 Å². The van der Waals surface area contributed by atoms with Crippen LogP contribution in [-0.4, -0.2) is 38.4 Å². The van der Waals surface area contributed by atoms with E-state index in [1.807, 2.05) is 0 Å². The van der Waals surface area contributed by atoms with Crippen molar-refractivity contribution in [1.29, 1.82) is 0 Å². The van der Waals surface area contributed by atoms with Crippen LogP contribution in [0.15, 0.2) is 24.3 Å². The molecule has 0 unspecified atom stereocenters. The van der Waals surface area contributed by atoms with Crippen LogP contribution < -0.4 is 10.1 Å². The zero-order chi connectivity index (χ0) is 24.4. The number of hydrogen-bond acceptors (Lipinski definition) is 5. The van der Waals surface area contributed by atoms with Crippen LogP contribution >= 0.6 is 0 Å². The van der Waals surface area contributed by atoms with Gasteiger partial charge in [-0.15, -0.1) is 18.3 Å². The Morgan fingerprint density at radius 2 is 1.70 bits per heavy atom. The summed E-state index contributed by atoms with van der Waals surface area (Å²) >= 11 is 0. The summed E-state index contributed by atoms with van der Waals surface area (Å²) in [5.41, 5.74) is 2.17. The highest BCUT2D eigenvalue weighted by Gasteiger charge is 2.37. The number of alkyl halides is 6. The molecule has 0 radical (unpaired) electrons. The normalized spacial score (nSPS) is 12.2. The number of aryl methyl sites for hydroxylation is 2. The molecule has 1 N–H and O–H groups in total. The average molecular weight is 475 g/mol. The van der Waals surface area contributed by atoms with Crippen molar-refractivity contribution in [2.45, 2.75) is 45.6 Å². The quantitative estimate of drug-likeness (QED) is 0.524. The first-order chi connectivity index (χ1) is 15.3. The van der Waals surface area contributed by atoms with E-state index in [1.165, 1.54) is 24.3 Å². The summed E-state index contributed by atoms with van der Waals surface area (Å²) < 4.78 is 79.9. The minimum Gasteiger partial charge on any atom is -0.406 e. The molecule has 7 nitrogen and oxygen atoms in total. The van der Waals surface area contributed by atoms with Crippen molar-refractivity contribution in [3.63, 3.8) is 0 Å². The number of ether oxygens (including phenoxy) is 1. The van der Waals surface area contributed by atoms with Crippen LogP contribution in [0.2, 0.25) is 0 Å². The summed E-state index contributed by atoms with van der Waals surface area (Å²) in [5, 5.41) is 6.17. The Morgan fingerprint density at radius 3 is 2.30 bits per heavy atom. The van der Waals surface area contributed by atoms with E-state index in [0.717, 1.165) is 4.52 Å². The maximum atomic E-state index is 12.9. The molecule has 3 rings (SSSR count). The minimum absolute atomic E-state index is 0.0635. The van der Waals surface area contributed by atoms with Gasteiger partial charge < -0.3 is 10.1 Å². The third-order valence-electron chi connectivity index (χ3n) is 4.80. The Kier molecular flexibility index (Phi) is 6.79. The highest BCUT2D eigenvalue weighted by atomic mass is 19.4. The van der Waals surface area contributed by atoms with E-state index in [4.69, 9.17) is 0 Å². The monoisotopic (exact) mass is 475 g/mol. The molecular weight excluding hydrogens is 456 g/mol. The number of rotatable bonds is 7. The smallest absolute Gasteiger partial charge is 0.406 e. The predicted molar refractivity (Wildman–Crippen MR) is 103 cm³/mol. The van der Waals surface area contributed by atoms with Gasteiger partial charge >= 0.3 is 12.5 Å². The summed E-state index contributed by atoms with van der Waals surface area (Å²) in [6.45, 7) is 3.45. The summed E-state index contributed by atoms with van der Waals surface area (Å²) in [6, 6.07) is 5.31. The van der Waals surface area contributed by atoms with Gasteiger partial charge in [0.2, 0.25) is 5.91 Å². The van der Waals surface area contributed by atoms with Crippen molar-refractivity contribution in [2.75, 3.05) is 6.54 Å². The van der Waals surface area contributed by atoms with Crippen molar-refractivity contribution < 1.29 is 35.9 Å². The van der Waals surface area contributed by atoms with Crippen LogP contribution in [-0.2, 0) is 23.8 Å². The summed E-state index contributed by atoms with van der Waals surface area (Å²) in [5.74, 6) is -2.08. The van der Waals surface area contributed by atoms with Gasteiger partial charge in [-0.2, -0.15) is 18.2 Å². The van der Waals surface area contributed by atoms with Crippen LogP contribution in [0.1, 0.15) is 34.8 Å². The molecule has 2 heterocycles. The zero-order valence-corrected chi connectivity index (χ0v) is 17.5. The minimum atomic E-state index is -4.76. The number of hydrogen-bond donors (Lipinski definition) is 1. The number of nitrogens with one attached hydrogen (secondary N) is 1. The summed E-state index contributed by atoms with van der Waals surface area (Å²) in [6.07, 6.45) is -8.77. The lowest BCUT2D eigenvalue weighted by Gasteiger charge is -2.11. The van der Waals surface area contributed by atoms with E-state index in [1.54, 1.807) is 13.8 Å². The van der Waals surface area contributed by atoms with Gasteiger partial charge in [0.1, 0.15) is 5.75 Å². The fourth-order valence-electron chi connectivity index (χ4n) is 3.22. The number of nitrogens with zero attached hydrogens (tertiary/aromatic N) is 4. The van der Waals surface area contributed by atoms with E-state index < -0.39 is 18.4 Å². The molecule has 13 heteroatoms. The number of halogens is 6. The van der Waals surface area contributed by atoms with Crippen molar-refractivity contribution in [2.24, 2.45) is 0 Å². The third kappa shape index (κ3) is 6.33. The van der Waals surface area contributed by atoms with E-state index in [9.17, 15) is 31.1 Å². The van der Waals surface area contributed by atoms with Gasteiger partial charge in [0.05, 0.1) is 0 Å². The second-order valence-corrected chi connectivity index (χ2v) is 7.20. The Bertz CT molecular complexity index is 1140.